The third kappa shape index (κ3) is 4.35. The molecule has 1 aromatic rings. The minimum absolute atomic E-state index is 0.441. The number of ether oxygens (including phenoxy) is 2. The average molecular weight is 195 g/mol. The molecule has 0 unspecified atom stereocenters. The number of pyridine rings is 1. The van der Waals surface area contributed by atoms with Gasteiger partial charge in [0.2, 0.25) is 0 Å². The fourth-order valence-electron chi connectivity index (χ4n) is 1.19. The van der Waals surface area contributed by atoms with Gasteiger partial charge in [-0.15, -0.1) is 0 Å². The summed E-state index contributed by atoms with van der Waals surface area (Å²) in [6.07, 6.45) is 3.58. The summed E-state index contributed by atoms with van der Waals surface area (Å²) >= 11 is 0. The molecular weight excluding hydrogens is 178 g/mol. The van der Waals surface area contributed by atoms with Crippen LogP contribution in [0.1, 0.15) is 12.5 Å². The fraction of sp³-hybridized carbons (Fsp3) is 0.545. The summed E-state index contributed by atoms with van der Waals surface area (Å²) in [6.45, 7) is 4.20. The number of methoxy groups -OCH3 is 1. The quantitative estimate of drug-likeness (QED) is 0.694. The highest BCUT2D eigenvalue weighted by Gasteiger charge is 2.01. The minimum atomic E-state index is 0.441. The topological polar surface area (TPSA) is 31.4 Å². The maximum atomic E-state index is 5.51. The van der Waals surface area contributed by atoms with Gasteiger partial charge in [0.25, 0.3) is 0 Å². The Kier molecular flexibility index (Phi) is 5.19. The van der Waals surface area contributed by atoms with E-state index in [0.29, 0.717) is 12.5 Å². The Bertz CT molecular complexity index is 238. The lowest BCUT2D eigenvalue weighted by atomic mass is 10.2. The van der Waals surface area contributed by atoms with Gasteiger partial charge in [0, 0.05) is 25.4 Å². The van der Waals surface area contributed by atoms with Gasteiger partial charge in [-0.05, 0) is 11.6 Å². The van der Waals surface area contributed by atoms with Crippen LogP contribution >= 0.6 is 0 Å². The molecule has 0 N–H and O–H groups in total. The summed E-state index contributed by atoms with van der Waals surface area (Å²) in [5, 5.41) is 0. The first-order chi connectivity index (χ1) is 6.83. The molecule has 3 nitrogen and oxygen atoms in total. The molecule has 0 aliphatic heterocycles. The molecule has 1 rings (SSSR count). The molecule has 14 heavy (non-hydrogen) atoms. The minimum Gasteiger partial charge on any atom is -0.384 e. The van der Waals surface area contributed by atoms with Crippen molar-refractivity contribution in [1.82, 2.24) is 4.98 Å². The van der Waals surface area contributed by atoms with Gasteiger partial charge >= 0.3 is 0 Å². The van der Waals surface area contributed by atoms with Crippen molar-refractivity contribution in [2.24, 2.45) is 5.92 Å². The van der Waals surface area contributed by atoms with Crippen molar-refractivity contribution in [2.75, 3.05) is 20.3 Å². The molecule has 0 radical (unpaired) electrons. The van der Waals surface area contributed by atoms with E-state index in [4.69, 9.17) is 9.47 Å². The lowest BCUT2D eigenvalue weighted by molar-refractivity contribution is 0.0560. The van der Waals surface area contributed by atoms with Gasteiger partial charge in [-0.1, -0.05) is 13.0 Å². The zero-order valence-electron chi connectivity index (χ0n) is 8.77. The maximum absolute atomic E-state index is 5.51. The first kappa shape index (κ1) is 11.1. The monoisotopic (exact) mass is 195 g/mol. The molecule has 1 atom stereocenters. The van der Waals surface area contributed by atoms with Gasteiger partial charge < -0.3 is 9.47 Å². The molecule has 0 aliphatic rings. The third-order valence-electron chi connectivity index (χ3n) is 1.85. The molecule has 0 aliphatic carbocycles. The summed E-state index contributed by atoms with van der Waals surface area (Å²) in [4.78, 5) is 4.01. The van der Waals surface area contributed by atoms with Gasteiger partial charge in [0.15, 0.2) is 0 Å². The van der Waals surface area contributed by atoms with E-state index in [2.05, 4.69) is 11.9 Å². The Morgan fingerprint density at radius 2 is 2.29 bits per heavy atom. The van der Waals surface area contributed by atoms with Gasteiger partial charge in [-0.3, -0.25) is 4.98 Å². The summed E-state index contributed by atoms with van der Waals surface area (Å²) in [5.41, 5.74) is 1.11. The Hall–Kier alpha value is -0.930. The van der Waals surface area contributed by atoms with E-state index in [1.54, 1.807) is 13.3 Å². The highest BCUT2D eigenvalue weighted by molar-refractivity contribution is 5.06. The van der Waals surface area contributed by atoms with Crippen LogP contribution in [0.15, 0.2) is 24.5 Å². The molecule has 0 saturated heterocycles. The summed E-state index contributed by atoms with van der Waals surface area (Å²) in [6, 6.07) is 3.92. The number of nitrogens with zero attached hydrogens (tertiary/aromatic N) is 1. The molecule has 0 amide bonds. The Labute approximate surface area is 85.1 Å². The molecule has 1 aromatic heterocycles. The number of rotatable bonds is 6. The van der Waals surface area contributed by atoms with Crippen LogP contribution in [-0.4, -0.2) is 25.3 Å². The average Bonchev–Trinajstić information content (AvgIpc) is 2.20. The van der Waals surface area contributed by atoms with E-state index in [0.717, 1.165) is 18.8 Å². The molecule has 0 spiro atoms. The number of hydrogen-bond acceptors (Lipinski definition) is 3. The van der Waals surface area contributed by atoms with Crippen LogP contribution in [0.4, 0.5) is 0 Å². The molecule has 0 saturated carbocycles. The number of hydrogen-bond donors (Lipinski definition) is 0. The highest BCUT2D eigenvalue weighted by Crippen LogP contribution is 2.01. The van der Waals surface area contributed by atoms with E-state index in [1.807, 2.05) is 18.3 Å². The fourth-order valence-corrected chi connectivity index (χ4v) is 1.19. The predicted molar refractivity (Wildman–Crippen MR) is 54.9 cm³/mol. The van der Waals surface area contributed by atoms with Gasteiger partial charge in [-0.2, -0.15) is 0 Å². The zero-order valence-corrected chi connectivity index (χ0v) is 8.77. The number of aromatic nitrogens is 1. The van der Waals surface area contributed by atoms with Crippen LogP contribution in [0.5, 0.6) is 0 Å². The second kappa shape index (κ2) is 6.51. The molecular formula is C11H17NO2. The molecule has 0 bridgehead atoms. The lowest BCUT2D eigenvalue weighted by Gasteiger charge is -2.10. The summed E-state index contributed by atoms with van der Waals surface area (Å²) < 4.78 is 10.5. The Balaban J connectivity index is 2.16. The van der Waals surface area contributed by atoms with Crippen molar-refractivity contribution in [2.45, 2.75) is 13.5 Å². The predicted octanol–water partition coefficient (Wildman–Crippen LogP) is 1.88. The standard InChI is InChI=1S/C11H17NO2/c1-10(7-13-2)8-14-9-11-4-3-5-12-6-11/h3-6,10H,7-9H2,1-2H3/t10-/m0/s1. The van der Waals surface area contributed by atoms with Gasteiger partial charge in [0.1, 0.15) is 0 Å². The Morgan fingerprint density at radius 3 is 2.93 bits per heavy atom. The van der Waals surface area contributed by atoms with Crippen molar-refractivity contribution in [3.8, 4) is 0 Å². The normalized spacial score (nSPS) is 12.7. The van der Waals surface area contributed by atoms with Crippen LogP contribution < -0.4 is 0 Å². The van der Waals surface area contributed by atoms with Crippen molar-refractivity contribution >= 4 is 0 Å². The second-order valence-corrected chi connectivity index (χ2v) is 3.44. The van der Waals surface area contributed by atoms with Crippen molar-refractivity contribution < 1.29 is 9.47 Å². The van der Waals surface area contributed by atoms with Gasteiger partial charge in [0.05, 0.1) is 19.8 Å². The summed E-state index contributed by atoms with van der Waals surface area (Å²) in [7, 11) is 1.71. The van der Waals surface area contributed by atoms with Crippen LogP contribution in [0, 0.1) is 5.92 Å². The molecule has 3 heteroatoms. The molecule has 1 heterocycles. The van der Waals surface area contributed by atoms with Gasteiger partial charge in [-0.25, -0.2) is 0 Å². The largest absolute Gasteiger partial charge is 0.384 e. The van der Waals surface area contributed by atoms with E-state index >= 15 is 0 Å². The van der Waals surface area contributed by atoms with Crippen LogP contribution in [0.25, 0.3) is 0 Å². The van der Waals surface area contributed by atoms with Crippen LogP contribution in [0.2, 0.25) is 0 Å². The lowest BCUT2D eigenvalue weighted by Crippen LogP contribution is -2.11. The maximum Gasteiger partial charge on any atom is 0.0731 e. The molecule has 78 valence electrons. The first-order valence-corrected chi connectivity index (χ1v) is 4.78. The Morgan fingerprint density at radius 1 is 1.43 bits per heavy atom. The van der Waals surface area contributed by atoms with Crippen LogP contribution in [0.3, 0.4) is 0 Å². The highest BCUT2D eigenvalue weighted by atomic mass is 16.5. The zero-order chi connectivity index (χ0) is 10.2. The van der Waals surface area contributed by atoms with Crippen molar-refractivity contribution in [3.63, 3.8) is 0 Å². The van der Waals surface area contributed by atoms with E-state index in [9.17, 15) is 0 Å². The van der Waals surface area contributed by atoms with E-state index in [-0.39, 0.29) is 0 Å². The van der Waals surface area contributed by atoms with Crippen LogP contribution in [-0.2, 0) is 16.1 Å². The SMILES string of the molecule is COC[C@H](C)COCc1cccnc1. The summed E-state index contributed by atoms with van der Waals surface area (Å²) in [5.74, 6) is 0.441. The van der Waals surface area contributed by atoms with E-state index < -0.39 is 0 Å². The molecule has 0 fully saturated rings. The van der Waals surface area contributed by atoms with E-state index in [1.165, 1.54) is 0 Å². The smallest absolute Gasteiger partial charge is 0.0731 e. The first-order valence-electron chi connectivity index (χ1n) is 4.78. The second-order valence-electron chi connectivity index (χ2n) is 3.44. The molecule has 0 aromatic carbocycles. The van der Waals surface area contributed by atoms with Crippen molar-refractivity contribution in [1.29, 1.82) is 0 Å². The third-order valence-corrected chi connectivity index (χ3v) is 1.85. The van der Waals surface area contributed by atoms with Crippen molar-refractivity contribution in [3.05, 3.63) is 30.1 Å².